The summed E-state index contributed by atoms with van der Waals surface area (Å²) >= 11 is 1.20. The number of Topliss-reactive ketones (excluding diaryl/α,β-unsaturated/α-hetero) is 1. The Morgan fingerprint density at radius 3 is 2.53 bits per heavy atom. The number of halogens is 1. The zero-order chi connectivity index (χ0) is 22.8. The molecule has 0 aliphatic carbocycles. The van der Waals surface area contributed by atoms with Crippen LogP contribution in [0.5, 0.6) is 0 Å². The summed E-state index contributed by atoms with van der Waals surface area (Å²) in [5.41, 5.74) is 1.47. The number of nitrogens with zero attached hydrogens (tertiary/aromatic N) is 2. The zero-order valence-corrected chi connectivity index (χ0v) is 18.7. The standard InChI is InChI=1S/C25H23FN2O3S/c1-3-4-14-28-20(17-12-8-9-13-18(17)26)19(22(30)25(28)31)21(29)23-15(2)27-24(32-23)16-10-6-5-7-11-16/h5-13,20,30H,3-4,14H2,1-2H3. The summed E-state index contributed by atoms with van der Waals surface area (Å²) in [6.45, 7) is 4.01. The highest BCUT2D eigenvalue weighted by Crippen LogP contribution is 2.41. The number of aliphatic hydroxyl groups excluding tert-OH is 1. The number of carbonyl (C=O) groups is 2. The Bertz CT molecular complexity index is 1200. The van der Waals surface area contributed by atoms with E-state index in [0.29, 0.717) is 28.5 Å². The SMILES string of the molecule is CCCCN1C(=O)C(O)=C(C(=O)c2sc(-c3ccccc3)nc2C)C1c1ccccc1F. The number of hydrogen-bond donors (Lipinski definition) is 1. The number of hydrogen-bond acceptors (Lipinski definition) is 5. The zero-order valence-electron chi connectivity index (χ0n) is 17.8. The molecule has 1 N–H and O–H groups in total. The van der Waals surface area contributed by atoms with Crippen LogP contribution in [0.4, 0.5) is 4.39 Å². The Morgan fingerprint density at radius 2 is 1.84 bits per heavy atom. The molecule has 164 valence electrons. The molecule has 32 heavy (non-hydrogen) atoms. The number of unbranched alkanes of at least 4 members (excludes halogenated alkanes) is 1. The maximum atomic E-state index is 14.8. The number of ketones is 1. The molecule has 3 aromatic rings. The van der Waals surface area contributed by atoms with Crippen LogP contribution in [0.3, 0.4) is 0 Å². The summed E-state index contributed by atoms with van der Waals surface area (Å²) < 4.78 is 14.8. The minimum Gasteiger partial charge on any atom is -0.503 e. The molecule has 0 bridgehead atoms. The van der Waals surface area contributed by atoms with Gasteiger partial charge in [0.15, 0.2) is 5.76 Å². The predicted molar refractivity (Wildman–Crippen MR) is 122 cm³/mol. The predicted octanol–water partition coefficient (Wildman–Crippen LogP) is 5.64. The van der Waals surface area contributed by atoms with Gasteiger partial charge in [0.2, 0.25) is 5.78 Å². The Kier molecular flexibility index (Phi) is 6.19. The van der Waals surface area contributed by atoms with Crippen molar-refractivity contribution in [1.29, 1.82) is 0 Å². The summed E-state index contributed by atoms with van der Waals surface area (Å²) in [5, 5.41) is 11.4. The van der Waals surface area contributed by atoms with Crippen molar-refractivity contribution in [2.75, 3.05) is 6.54 Å². The van der Waals surface area contributed by atoms with Gasteiger partial charge in [0.05, 0.1) is 22.2 Å². The van der Waals surface area contributed by atoms with Crippen LogP contribution in [0, 0.1) is 12.7 Å². The van der Waals surface area contributed by atoms with Gasteiger partial charge in [-0.15, -0.1) is 11.3 Å². The quantitative estimate of drug-likeness (QED) is 0.473. The fourth-order valence-corrected chi connectivity index (χ4v) is 4.92. The molecule has 5 nitrogen and oxygen atoms in total. The molecule has 1 aliphatic rings. The van der Waals surface area contributed by atoms with Gasteiger partial charge in [0.25, 0.3) is 5.91 Å². The number of aromatic nitrogens is 1. The monoisotopic (exact) mass is 450 g/mol. The largest absolute Gasteiger partial charge is 0.503 e. The molecule has 1 amide bonds. The molecule has 1 unspecified atom stereocenters. The van der Waals surface area contributed by atoms with Crippen molar-refractivity contribution in [1.82, 2.24) is 9.88 Å². The lowest BCUT2D eigenvalue weighted by Gasteiger charge is -2.27. The first kappa shape index (κ1) is 21.9. The lowest BCUT2D eigenvalue weighted by atomic mass is 9.94. The molecule has 1 aromatic heterocycles. The molecule has 0 saturated heterocycles. The average molecular weight is 451 g/mol. The summed E-state index contributed by atoms with van der Waals surface area (Å²) in [5.74, 6) is -2.30. The minimum absolute atomic E-state index is 0.0948. The van der Waals surface area contributed by atoms with Gasteiger partial charge < -0.3 is 10.0 Å². The second kappa shape index (κ2) is 9.04. The van der Waals surface area contributed by atoms with Crippen LogP contribution in [-0.2, 0) is 4.79 Å². The molecule has 0 saturated carbocycles. The lowest BCUT2D eigenvalue weighted by molar-refractivity contribution is -0.129. The smallest absolute Gasteiger partial charge is 0.290 e. The van der Waals surface area contributed by atoms with E-state index in [0.717, 1.165) is 12.0 Å². The van der Waals surface area contributed by atoms with Crippen molar-refractivity contribution < 1.29 is 19.1 Å². The topological polar surface area (TPSA) is 70.5 Å². The number of rotatable bonds is 7. The average Bonchev–Trinajstić information content (AvgIpc) is 3.31. The molecular formula is C25H23FN2O3S. The van der Waals surface area contributed by atoms with Crippen molar-refractivity contribution in [3.63, 3.8) is 0 Å². The van der Waals surface area contributed by atoms with Gasteiger partial charge in [-0.1, -0.05) is 61.9 Å². The highest BCUT2D eigenvalue weighted by molar-refractivity contribution is 7.17. The van der Waals surface area contributed by atoms with E-state index in [1.165, 1.54) is 22.3 Å². The van der Waals surface area contributed by atoms with Gasteiger partial charge in [0.1, 0.15) is 10.8 Å². The van der Waals surface area contributed by atoms with E-state index in [2.05, 4.69) is 4.98 Å². The Hall–Kier alpha value is -3.32. The third-order valence-electron chi connectivity index (χ3n) is 5.52. The molecule has 1 atom stereocenters. The van der Waals surface area contributed by atoms with Crippen molar-refractivity contribution in [2.45, 2.75) is 32.7 Å². The van der Waals surface area contributed by atoms with Gasteiger partial charge in [-0.2, -0.15) is 0 Å². The third kappa shape index (κ3) is 3.84. The van der Waals surface area contributed by atoms with Gasteiger partial charge in [-0.25, -0.2) is 9.37 Å². The van der Waals surface area contributed by atoms with E-state index in [1.807, 2.05) is 37.3 Å². The number of thiazole rings is 1. The van der Waals surface area contributed by atoms with Crippen LogP contribution in [-0.4, -0.2) is 33.2 Å². The first-order valence-electron chi connectivity index (χ1n) is 10.5. The Morgan fingerprint density at radius 1 is 1.16 bits per heavy atom. The normalized spacial score (nSPS) is 16.2. The van der Waals surface area contributed by atoms with E-state index < -0.39 is 29.3 Å². The number of carbonyl (C=O) groups excluding carboxylic acids is 2. The van der Waals surface area contributed by atoms with Crippen molar-refractivity contribution in [2.24, 2.45) is 0 Å². The van der Waals surface area contributed by atoms with Crippen LogP contribution < -0.4 is 0 Å². The second-order valence-corrected chi connectivity index (χ2v) is 8.67. The van der Waals surface area contributed by atoms with E-state index in [1.54, 1.807) is 25.1 Å². The fourth-order valence-electron chi connectivity index (χ4n) is 3.90. The summed E-state index contributed by atoms with van der Waals surface area (Å²) in [6, 6.07) is 14.5. The Labute approximate surface area is 189 Å². The van der Waals surface area contributed by atoms with Gasteiger partial charge in [-0.3, -0.25) is 9.59 Å². The second-order valence-electron chi connectivity index (χ2n) is 7.67. The van der Waals surface area contributed by atoms with Gasteiger partial charge in [0, 0.05) is 17.7 Å². The van der Waals surface area contributed by atoms with Crippen molar-refractivity contribution >= 4 is 23.0 Å². The first-order valence-corrected chi connectivity index (χ1v) is 11.3. The Balaban J connectivity index is 1.80. The number of aliphatic hydroxyl groups is 1. The molecule has 1 aliphatic heterocycles. The molecule has 2 heterocycles. The van der Waals surface area contributed by atoms with E-state index in [-0.39, 0.29) is 11.1 Å². The maximum absolute atomic E-state index is 14.8. The highest BCUT2D eigenvalue weighted by atomic mass is 32.1. The molecule has 0 fully saturated rings. The fraction of sp³-hybridized carbons (Fsp3) is 0.240. The minimum atomic E-state index is -0.982. The first-order chi connectivity index (χ1) is 15.4. The summed E-state index contributed by atoms with van der Waals surface area (Å²) in [7, 11) is 0. The van der Waals surface area contributed by atoms with E-state index in [9.17, 15) is 19.1 Å². The van der Waals surface area contributed by atoms with Gasteiger partial charge >= 0.3 is 0 Å². The maximum Gasteiger partial charge on any atom is 0.290 e. The molecule has 7 heteroatoms. The third-order valence-corrected chi connectivity index (χ3v) is 6.73. The number of benzene rings is 2. The van der Waals surface area contributed by atoms with Crippen molar-refractivity contribution in [3.05, 3.63) is 87.9 Å². The van der Waals surface area contributed by atoms with Crippen LogP contribution in [0.25, 0.3) is 10.6 Å². The number of amides is 1. The summed E-state index contributed by atoms with van der Waals surface area (Å²) in [6.07, 6.45) is 1.48. The molecule has 0 radical (unpaired) electrons. The van der Waals surface area contributed by atoms with Crippen molar-refractivity contribution in [3.8, 4) is 10.6 Å². The summed E-state index contributed by atoms with van der Waals surface area (Å²) in [4.78, 5) is 32.8. The number of aryl methyl sites for hydroxylation is 1. The molecule has 2 aromatic carbocycles. The molecular weight excluding hydrogens is 427 g/mol. The lowest BCUT2D eigenvalue weighted by Crippen LogP contribution is -2.32. The molecule has 0 spiro atoms. The van der Waals surface area contributed by atoms with Crippen LogP contribution in [0.2, 0.25) is 0 Å². The van der Waals surface area contributed by atoms with Gasteiger partial charge in [-0.05, 0) is 19.4 Å². The van der Waals surface area contributed by atoms with E-state index in [4.69, 9.17) is 0 Å². The highest BCUT2D eigenvalue weighted by Gasteiger charge is 2.45. The van der Waals surface area contributed by atoms with Crippen LogP contribution >= 0.6 is 11.3 Å². The van der Waals surface area contributed by atoms with Crippen LogP contribution in [0.15, 0.2) is 65.9 Å². The van der Waals surface area contributed by atoms with Crippen LogP contribution in [0.1, 0.15) is 46.7 Å². The van der Waals surface area contributed by atoms with E-state index >= 15 is 0 Å². The molecule has 4 rings (SSSR count).